The van der Waals surface area contributed by atoms with E-state index in [1.165, 1.54) is 16.7 Å². The highest BCUT2D eigenvalue weighted by Crippen LogP contribution is 2.22. The highest BCUT2D eigenvalue weighted by Gasteiger charge is 2.18. The molecule has 0 bridgehead atoms. The van der Waals surface area contributed by atoms with E-state index >= 15 is 0 Å². The summed E-state index contributed by atoms with van der Waals surface area (Å²) in [5.41, 5.74) is 4.52. The molecule has 1 heteroatoms. The first-order valence-electron chi connectivity index (χ1n) is 7.06. The van der Waals surface area contributed by atoms with Gasteiger partial charge < -0.3 is 5.32 Å². The van der Waals surface area contributed by atoms with E-state index in [4.69, 9.17) is 0 Å². The fourth-order valence-corrected chi connectivity index (χ4v) is 2.49. The average Bonchev–Trinajstić information content (AvgIpc) is 2.12. The third kappa shape index (κ3) is 5.68. The summed E-state index contributed by atoms with van der Waals surface area (Å²) in [6.07, 6.45) is 1.14. The molecular formula is C17H29N. The lowest BCUT2D eigenvalue weighted by Gasteiger charge is -2.26. The van der Waals surface area contributed by atoms with Gasteiger partial charge in [-0.3, -0.25) is 0 Å². The Kier molecular flexibility index (Phi) is 5.40. The molecule has 0 unspecified atom stereocenters. The van der Waals surface area contributed by atoms with E-state index in [9.17, 15) is 0 Å². The quantitative estimate of drug-likeness (QED) is 0.797. The molecule has 0 fully saturated rings. The minimum atomic E-state index is 0.315. The smallest absolute Gasteiger partial charge is 0.000581 e. The van der Waals surface area contributed by atoms with Gasteiger partial charge in [0.1, 0.15) is 0 Å². The minimum absolute atomic E-state index is 0.315. The molecular weight excluding hydrogens is 218 g/mol. The highest BCUT2D eigenvalue weighted by atomic mass is 14.9. The van der Waals surface area contributed by atoms with Crippen LogP contribution in [0.5, 0.6) is 0 Å². The molecule has 0 spiro atoms. The van der Waals surface area contributed by atoms with Gasteiger partial charge in [-0.25, -0.2) is 0 Å². The van der Waals surface area contributed by atoms with Crippen LogP contribution in [0, 0.1) is 25.2 Å². The molecule has 1 rings (SSSR count). The maximum atomic E-state index is 3.57. The number of aryl methyl sites for hydroxylation is 2. The maximum absolute atomic E-state index is 3.57. The summed E-state index contributed by atoms with van der Waals surface area (Å²) >= 11 is 0. The molecule has 0 saturated heterocycles. The zero-order chi connectivity index (χ0) is 13.8. The van der Waals surface area contributed by atoms with Gasteiger partial charge in [-0.1, -0.05) is 57.0 Å². The van der Waals surface area contributed by atoms with Gasteiger partial charge in [0.25, 0.3) is 0 Å². The molecule has 1 aromatic carbocycles. The second-order valence-electron chi connectivity index (χ2n) is 6.86. The third-order valence-corrected chi connectivity index (χ3v) is 3.12. The van der Waals surface area contributed by atoms with Crippen LogP contribution in [0.4, 0.5) is 0 Å². The van der Waals surface area contributed by atoms with Crippen LogP contribution in [0.2, 0.25) is 0 Å². The Labute approximate surface area is 113 Å². The molecule has 0 amide bonds. The van der Waals surface area contributed by atoms with Gasteiger partial charge in [-0.15, -0.1) is 0 Å². The number of benzene rings is 1. The average molecular weight is 247 g/mol. The van der Waals surface area contributed by atoms with E-state index in [1.807, 2.05) is 0 Å². The largest absolute Gasteiger partial charge is 0.316 e. The zero-order valence-electron chi connectivity index (χ0n) is 12.9. The molecule has 0 aliphatic rings. The Morgan fingerprint density at radius 2 is 1.61 bits per heavy atom. The Hall–Kier alpha value is -0.820. The Morgan fingerprint density at radius 1 is 1.06 bits per heavy atom. The van der Waals surface area contributed by atoms with E-state index in [0.29, 0.717) is 5.41 Å². The Balaban J connectivity index is 2.58. The topological polar surface area (TPSA) is 12.0 Å². The number of hydrogen-bond acceptors (Lipinski definition) is 1. The first-order valence-corrected chi connectivity index (χ1v) is 7.06. The standard InChI is InChI=1S/C17H29N/c1-13(2)11-18-12-17(5,6)10-16-8-14(3)7-15(4)9-16/h7-9,13,18H,10-12H2,1-6H3. The molecule has 0 heterocycles. The van der Waals surface area contributed by atoms with E-state index < -0.39 is 0 Å². The van der Waals surface area contributed by atoms with Crippen molar-refractivity contribution in [2.24, 2.45) is 11.3 Å². The predicted molar refractivity (Wildman–Crippen MR) is 81.1 cm³/mol. The molecule has 102 valence electrons. The van der Waals surface area contributed by atoms with Gasteiger partial charge in [0, 0.05) is 6.54 Å². The van der Waals surface area contributed by atoms with Gasteiger partial charge >= 0.3 is 0 Å². The van der Waals surface area contributed by atoms with Crippen LogP contribution in [0.15, 0.2) is 18.2 Å². The van der Waals surface area contributed by atoms with Crippen molar-refractivity contribution in [3.63, 3.8) is 0 Å². The molecule has 18 heavy (non-hydrogen) atoms. The van der Waals surface area contributed by atoms with Crippen LogP contribution in [-0.4, -0.2) is 13.1 Å². The third-order valence-electron chi connectivity index (χ3n) is 3.12. The van der Waals surface area contributed by atoms with Crippen LogP contribution in [-0.2, 0) is 6.42 Å². The molecule has 0 aromatic heterocycles. The van der Waals surface area contributed by atoms with Gasteiger partial charge in [0.15, 0.2) is 0 Å². The van der Waals surface area contributed by atoms with Crippen molar-refractivity contribution in [1.29, 1.82) is 0 Å². The van der Waals surface area contributed by atoms with Crippen LogP contribution in [0.1, 0.15) is 44.4 Å². The van der Waals surface area contributed by atoms with E-state index in [-0.39, 0.29) is 0 Å². The molecule has 1 nitrogen and oxygen atoms in total. The summed E-state index contributed by atoms with van der Waals surface area (Å²) < 4.78 is 0. The second-order valence-corrected chi connectivity index (χ2v) is 6.86. The molecule has 0 aliphatic heterocycles. The predicted octanol–water partition coefficient (Wildman–Crippen LogP) is 4.12. The lowest BCUT2D eigenvalue weighted by molar-refractivity contribution is 0.330. The SMILES string of the molecule is Cc1cc(C)cc(CC(C)(C)CNCC(C)C)c1. The van der Waals surface area contributed by atoms with Gasteiger partial charge in [0.2, 0.25) is 0 Å². The molecule has 0 radical (unpaired) electrons. The van der Waals surface area contributed by atoms with Gasteiger partial charge in [-0.05, 0) is 43.7 Å². The molecule has 1 N–H and O–H groups in total. The normalized spacial score (nSPS) is 12.2. The van der Waals surface area contributed by atoms with Crippen LogP contribution >= 0.6 is 0 Å². The maximum Gasteiger partial charge on any atom is 0.000581 e. The fraction of sp³-hybridized carbons (Fsp3) is 0.647. The monoisotopic (exact) mass is 247 g/mol. The number of hydrogen-bond donors (Lipinski definition) is 1. The summed E-state index contributed by atoms with van der Waals surface area (Å²) in [5.74, 6) is 0.724. The van der Waals surface area contributed by atoms with E-state index in [0.717, 1.165) is 25.4 Å². The molecule has 1 aromatic rings. The molecule has 0 aliphatic carbocycles. The van der Waals surface area contributed by atoms with Crippen molar-refractivity contribution in [2.75, 3.05) is 13.1 Å². The van der Waals surface area contributed by atoms with Crippen molar-refractivity contribution in [2.45, 2.75) is 48.0 Å². The van der Waals surface area contributed by atoms with Crippen molar-refractivity contribution >= 4 is 0 Å². The molecule has 0 atom stereocenters. The minimum Gasteiger partial charge on any atom is -0.316 e. The van der Waals surface area contributed by atoms with Crippen molar-refractivity contribution < 1.29 is 0 Å². The lowest BCUT2D eigenvalue weighted by atomic mass is 9.85. The van der Waals surface area contributed by atoms with Crippen LogP contribution in [0.25, 0.3) is 0 Å². The van der Waals surface area contributed by atoms with Crippen molar-refractivity contribution in [3.8, 4) is 0 Å². The summed E-state index contributed by atoms with van der Waals surface area (Å²) in [5, 5.41) is 3.57. The number of nitrogens with one attached hydrogen (secondary N) is 1. The highest BCUT2D eigenvalue weighted by molar-refractivity contribution is 5.29. The zero-order valence-corrected chi connectivity index (χ0v) is 12.9. The second kappa shape index (κ2) is 6.38. The Bertz CT molecular complexity index is 357. The number of rotatable bonds is 6. The summed E-state index contributed by atoms with van der Waals surface area (Å²) in [6, 6.07) is 6.88. The van der Waals surface area contributed by atoms with Crippen molar-refractivity contribution in [3.05, 3.63) is 34.9 Å². The molecule has 0 saturated carbocycles. The summed E-state index contributed by atoms with van der Waals surface area (Å²) in [4.78, 5) is 0. The first-order chi connectivity index (χ1) is 8.28. The summed E-state index contributed by atoms with van der Waals surface area (Å²) in [7, 11) is 0. The summed E-state index contributed by atoms with van der Waals surface area (Å²) in [6.45, 7) is 15.7. The fourth-order valence-electron chi connectivity index (χ4n) is 2.49. The van der Waals surface area contributed by atoms with E-state index in [1.54, 1.807) is 0 Å². The van der Waals surface area contributed by atoms with Crippen molar-refractivity contribution in [1.82, 2.24) is 5.32 Å². The van der Waals surface area contributed by atoms with Crippen LogP contribution < -0.4 is 5.32 Å². The van der Waals surface area contributed by atoms with Crippen LogP contribution in [0.3, 0.4) is 0 Å². The van der Waals surface area contributed by atoms with Gasteiger partial charge in [-0.2, -0.15) is 0 Å². The lowest BCUT2D eigenvalue weighted by Crippen LogP contribution is -2.33. The Morgan fingerprint density at radius 3 is 2.11 bits per heavy atom. The first kappa shape index (κ1) is 15.2. The van der Waals surface area contributed by atoms with Gasteiger partial charge in [0.05, 0.1) is 0 Å². The van der Waals surface area contributed by atoms with E-state index in [2.05, 4.69) is 65.1 Å².